The van der Waals surface area contributed by atoms with Crippen LogP contribution in [0.1, 0.15) is 66.6 Å². The first kappa shape index (κ1) is 41.7. The molecule has 13 nitrogen and oxygen atoms in total. The molecule has 4 aromatic carbocycles. The number of fused-ring (bicyclic) bond motifs is 3. The van der Waals surface area contributed by atoms with Crippen molar-refractivity contribution in [3.8, 4) is 23.0 Å². The van der Waals surface area contributed by atoms with Gasteiger partial charge < -0.3 is 55.2 Å². The molecule has 1 amide bonds. The van der Waals surface area contributed by atoms with Crippen LogP contribution in [0.4, 0.5) is 8.78 Å². The largest absolute Gasteiger partial charge is 0.486 e. The molecular formula is C45H53F2N5O8. The molecule has 2 saturated heterocycles. The van der Waals surface area contributed by atoms with Crippen LogP contribution in [0.25, 0.3) is 10.8 Å². The number of carbonyl (C=O) groups is 1. The summed E-state index contributed by atoms with van der Waals surface area (Å²) in [7, 11) is 0. The van der Waals surface area contributed by atoms with Gasteiger partial charge in [-0.2, -0.15) is 0 Å². The van der Waals surface area contributed by atoms with Crippen molar-refractivity contribution in [2.75, 3.05) is 59.1 Å². The second kappa shape index (κ2) is 18.7. The maximum Gasteiger partial charge on any atom is 0.269 e. The molecule has 0 bridgehead atoms. The maximum absolute atomic E-state index is 15.1. The van der Waals surface area contributed by atoms with Crippen molar-refractivity contribution in [3.63, 3.8) is 0 Å². The van der Waals surface area contributed by atoms with E-state index in [0.29, 0.717) is 31.5 Å². The van der Waals surface area contributed by atoms with E-state index in [1.807, 2.05) is 30.3 Å². The number of ether oxygens (including phenoxy) is 4. The van der Waals surface area contributed by atoms with E-state index in [9.17, 15) is 24.6 Å². The zero-order valence-corrected chi connectivity index (χ0v) is 33.5. The second-order valence-corrected chi connectivity index (χ2v) is 16.3. The number of nitrogens with zero attached hydrogens (tertiary/aromatic N) is 3. The molecule has 0 aliphatic carbocycles. The molecule has 1 unspecified atom stereocenters. The third-order valence-electron chi connectivity index (χ3n) is 11.9. The number of aryl methyl sites for hydroxylation is 1. The SMILES string of the molecule is N[C@H](CN1CCCC1)[C@H](O)c1cc(F)c2c(c1)OC(Cc1ccc3ccc(CC/C(=N\O)C(=O)N[C@H](CN4CCCC4)[C@H](O)c4cc(F)c5c(c4)OCCO5)cc3c1)CO2. The van der Waals surface area contributed by atoms with Gasteiger partial charge in [-0.05, 0) is 116 Å². The van der Waals surface area contributed by atoms with Crippen molar-refractivity contribution in [2.45, 2.75) is 75.3 Å². The summed E-state index contributed by atoms with van der Waals surface area (Å²) in [5.74, 6) is -1.46. The lowest BCUT2D eigenvalue weighted by atomic mass is 9.98. The first-order valence-electron chi connectivity index (χ1n) is 20.9. The van der Waals surface area contributed by atoms with E-state index in [-0.39, 0.29) is 60.5 Å². The Morgan fingerprint density at radius 2 is 1.40 bits per heavy atom. The molecule has 5 atom stereocenters. The third kappa shape index (κ3) is 9.60. The van der Waals surface area contributed by atoms with Crippen molar-refractivity contribution < 1.29 is 47.9 Å². The average molecular weight is 830 g/mol. The van der Waals surface area contributed by atoms with Crippen molar-refractivity contribution in [2.24, 2.45) is 10.9 Å². The molecule has 4 aliphatic rings. The zero-order chi connectivity index (χ0) is 41.8. The number of aliphatic hydroxyl groups excluding tert-OH is 2. The highest BCUT2D eigenvalue weighted by atomic mass is 19.1. The molecule has 4 heterocycles. The van der Waals surface area contributed by atoms with Gasteiger partial charge in [-0.15, -0.1) is 0 Å². The van der Waals surface area contributed by atoms with E-state index >= 15 is 4.39 Å². The number of hydrogen-bond donors (Lipinski definition) is 5. The van der Waals surface area contributed by atoms with Crippen LogP contribution in [0, 0.1) is 11.6 Å². The lowest BCUT2D eigenvalue weighted by molar-refractivity contribution is -0.116. The second-order valence-electron chi connectivity index (χ2n) is 16.3. The Balaban J connectivity index is 0.903. The number of carbonyl (C=O) groups excluding carboxylic acids is 1. The van der Waals surface area contributed by atoms with Gasteiger partial charge in [0.1, 0.15) is 37.7 Å². The number of likely N-dealkylation sites (tertiary alicyclic amines) is 2. The highest BCUT2D eigenvalue weighted by Crippen LogP contribution is 2.39. The van der Waals surface area contributed by atoms with Crippen LogP contribution < -0.4 is 30.0 Å². The van der Waals surface area contributed by atoms with Crippen LogP contribution in [-0.4, -0.2) is 114 Å². The summed E-state index contributed by atoms with van der Waals surface area (Å²) >= 11 is 0. The number of halogens is 2. The molecule has 8 rings (SSSR count). The molecular weight excluding hydrogens is 777 g/mol. The van der Waals surface area contributed by atoms with E-state index in [1.165, 1.54) is 18.2 Å². The fourth-order valence-electron chi connectivity index (χ4n) is 8.70. The number of benzene rings is 4. The molecule has 0 saturated carbocycles. The summed E-state index contributed by atoms with van der Waals surface area (Å²) in [6.07, 6.45) is 2.42. The highest BCUT2D eigenvalue weighted by Gasteiger charge is 2.32. The predicted molar refractivity (Wildman–Crippen MR) is 220 cm³/mol. The van der Waals surface area contributed by atoms with Crippen LogP contribution in [0.15, 0.2) is 65.8 Å². The summed E-state index contributed by atoms with van der Waals surface area (Å²) in [5, 5.41) is 40.6. The van der Waals surface area contributed by atoms with E-state index in [0.717, 1.165) is 73.8 Å². The van der Waals surface area contributed by atoms with Gasteiger partial charge in [0, 0.05) is 32.0 Å². The monoisotopic (exact) mass is 829 g/mol. The Kier molecular flexibility index (Phi) is 13.0. The minimum Gasteiger partial charge on any atom is -0.486 e. The van der Waals surface area contributed by atoms with Crippen molar-refractivity contribution in [1.82, 2.24) is 15.1 Å². The van der Waals surface area contributed by atoms with Gasteiger partial charge in [-0.25, -0.2) is 8.78 Å². The molecule has 60 heavy (non-hydrogen) atoms. The van der Waals surface area contributed by atoms with E-state index in [2.05, 4.69) is 26.3 Å². The molecule has 15 heteroatoms. The molecule has 0 radical (unpaired) electrons. The van der Waals surface area contributed by atoms with E-state index in [4.69, 9.17) is 24.7 Å². The number of hydrogen-bond acceptors (Lipinski definition) is 12. The van der Waals surface area contributed by atoms with Gasteiger partial charge in [0.05, 0.1) is 12.1 Å². The Labute approximate surface area is 347 Å². The Morgan fingerprint density at radius 3 is 2.12 bits per heavy atom. The number of rotatable bonds is 15. The topological polar surface area (TPSA) is 172 Å². The molecule has 320 valence electrons. The molecule has 6 N–H and O–H groups in total. The molecule has 4 aliphatic heterocycles. The first-order valence-corrected chi connectivity index (χ1v) is 20.9. The summed E-state index contributed by atoms with van der Waals surface area (Å²) in [6.45, 7) is 4.93. The van der Waals surface area contributed by atoms with Crippen LogP contribution >= 0.6 is 0 Å². The summed E-state index contributed by atoms with van der Waals surface area (Å²) in [5.41, 5.74) is 8.69. The standard InChI is InChI=1S/C45H53F2N5O8/c46-34-21-32(22-39-43(34)58-16-15-57-39)42(54)38(25-52-13-3-4-14-52)49-45(55)37(50-56)10-7-27-5-8-29-9-6-28(18-30(29)17-27)19-33-26-59-44-35(47)20-31(23-40(44)60-33)41(53)36(48)24-51-11-1-2-12-51/h5-6,8-9,17-18,20-23,33,36,38,41-42,53-54,56H,1-4,7,10-16,19,24-26,48H2,(H,49,55)/b50-37+/t33?,36-,38-,41-,42-/m1/s1. The van der Waals surface area contributed by atoms with E-state index < -0.39 is 47.9 Å². The molecule has 0 aromatic heterocycles. The minimum atomic E-state index is -1.28. The molecule has 0 spiro atoms. The summed E-state index contributed by atoms with van der Waals surface area (Å²) < 4.78 is 53.1. The average Bonchev–Trinajstić information content (AvgIpc) is 3.98. The van der Waals surface area contributed by atoms with Gasteiger partial charge in [-0.1, -0.05) is 41.6 Å². The lowest BCUT2D eigenvalue weighted by Gasteiger charge is -2.29. The lowest BCUT2D eigenvalue weighted by Crippen LogP contribution is -2.48. The van der Waals surface area contributed by atoms with Crippen molar-refractivity contribution in [3.05, 3.63) is 94.6 Å². The van der Waals surface area contributed by atoms with Gasteiger partial charge in [0.25, 0.3) is 5.91 Å². The fraction of sp³-hybridized carbons (Fsp3) is 0.467. The molecule has 2 fully saturated rings. The number of oxime groups is 1. The predicted octanol–water partition coefficient (Wildman–Crippen LogP) is 4.81. The summed E-state index contributed by atoms with van der Waals surface area (Å²) in [4.78, 5) is 17.9. The van der Waals surface area contributed by atoms with Crippen LogP contribution in [0.2, 0.25) is 0 Å². The Morgan fingerprint density at radius 1 is 0.783 bits per heavy atom. The first-order chi connectivity index (χ1) is 29.1. The number of amides is 1. The highest BCUT2D eigenvalue weighted by molar-refractivity contribution is 6.38. The zero-order valence-electron chi connectivity index (χ0n) is 33.5. The van der Waals surface area contributed by atoms with Crippen LogP contribution in [0.3, 0.4) is 0 Å². The Hall–Kier alpha value is -5.06. The smallest absolute Gasteiger partial charge is 0.269 e. The van der Waals surface area contributed by atoms with Gasteiger partial charge >= 0.3 is 0 Å². The number of nitrogens with one attached hydrogen (secondary N) is 1. The van der Waals surface area contributed by atoms with Crippen molar-refractivity contribution in [1.29, 1.82) is 0 Å². The summed E-state index contributed by atoms with van der Waals surface area (Å²) in [6, 6.07) is 16.2. The van der Waals surface area contributed by atoms with Crippen LogP contribution in [0.5, 0.6) is 23.0 Å². The normalized spacial score (nSPS) is 20.2. The quantitative estimate of drug-likeness (QED) is 0.0634. The van der Waals surface area contributed by atoms with Gasteiger partial charge in [0.15, 0.2) is 34.6 Å². The fourth-order valence-corrected chi connectivity index (χ4v) is 8.70. The minimum absolute atomic E-state index is 0.00523. The maximum atomic E-state index is 15.1. The van der Waals surface area contributed by atoms with Crippen LogP contribution in [-0.2, 0) is 17.6 Å². The van der Waals surface area contributed by atoms with E-state index in [1.54, 1.807) is 6.07 Å². The number of nitrogens with two attached hydrogens (primary N) is 1. The number of aliphatic hydroxyl groups is 2. The molecule has 4 aromatic rings. The Bertz CT molecular complexity index is 2200. The van der Waals surface area contributed by atoms with Gasteiger partial charge in [-0.3, -0.25) is 4.79 Å². The van der Waals surface area contributed by atoms with Gasteiger partial charge in [0.2, 0.25) is 0 Å². The third-order valence-corrected chi connectivity index (χ3v) is 11.9. The van der Waals surface area contributed by atoms with Crippen molar-refractivity contribution >= 4 is 22.4 Å².